The summed E-state index contributed by atoms with van der Waals surface area (Å²) in [6, 6.07) is 0. The van der Waals surface area contributed by atoms with E-state index in [0.29, 0.717) is 25.7 Å². The minimum Gasteiger partial charge on any atom is -0.505 e. The molecule has 0 unspecified atom stereocenters. The lowest BCUT2D eigenvalue weighted by atomic mass is 9.71. The molecule has 0 spiro atoms. The summed E-state index contributed by atoms with van der Waals surface area (Å²) in [5, 5.41) is 0. The van der Waals surface area contributed by atoms with Gasteiger partial charge in [0.2, 0.25) is 0 Å². The maximum absolute atomic E-state index is 11.6. The molecular formula is C11H16O3. The number of carbonyl (C=O) groups excluding carboxylic acids is 2. The molecule has 1 aliphatic rings. The summed E-state index contributed by atoms with van der Waals surface area (Å²) >= 11 is 0. The van der Waals surface area contributed by atoms with Crippen LogP contribution in [-0.4, -0.2) is 18.7 Å². The highest BCUT2D eigenvalue weighted by molar-refractivity contribution is 6.08. The fourth-order valence-corrected chi connectivity index (χ4v) is 1.72. The van der Waals surface area contributed by atoms with Crippen molar-refractivity contribution in [3.63, 3.8) is 0 Å². The summed E-state index contributed by atoms with van der Waals surface area (Å²) in [6.45, 7) is 1.73. The first-order chi connectivity index (χ1) is 6.61. The molecule has 0 heterocycles. The number of ketones is 2. The van der Waals surface area contributed by atoms with Gasteiger partial charge in [0.05, 0.1) is 18.8 Å². The Balaban J connectivity index is 2.72. The van der Waals surface area contributed by atoms with E-state index in [0.717, 1.165) is 0 Å². The molecule has 1 saturated carbocycles. The Hall–Kier alpha value is -1.12. The average Bonchev–Trinajstić information content (AvgIpc) is 2.15. The van der Waals surface area contributed by atoms with Crippen LogP contribution in [0.5, 0.6) is 0 Å². The molecule has 78 valence electrons. The topological polar surface area (TPSA) is 43.4 Å². The highest BCUT2D eigenvalue weighted by atomic mass is 16.5. The molecular weight excluding hydrogens is 180 g/mol. The first-order valence-electron chi connectivity index (χ1n) is 4.85. The Bertz CT molecular complexity index is 250. The third-order valence-electron chi connectivity index (χ3n) is 2.80. The zero-order valence-electron chi connectivity index (χ0n) is 8.71. The fourth-order valence-electron chi connectivity index (χ4n) is 1.72. The van der Waals surface area contributed by atoms with Crippen LogP contribution in [0.1, 0.15) is 32.6 Å². The van der Waals surface area contributed by atoms with Crippen LogP contribution in [0.3, 0.4) is 0 Å². The molecule has 0 saturated heterocycles. The molecule has 0 atom stereocenters. The number of methoxy groups -OCH3 is 1. The van der Waals surface area contributed by atoms with Crippen molar-refractivity contribution in [3.8, 4) is 0 Å². The fraction of sp³-hybridized carbons (Fsp3) is 0.636. The number of carbonyl (C=O) groups is 2. The molecule has 0 bridgehead atoms. The van der Waals surface area contributed by atoms with E-state index in [-0.39, 0.29) is 11.6 Å². The van der Waals surface area contributed by atoms with Crippen LogP contribution in [0.15, 0.2) is 12.3 Å². The number of rotatable bonds is 3. The SMILES string of the molecule is CO/C=C\CC1(C)C(=O)CCCC1=O. The van der Waals surface area contributed by atoms with E-state index in [1.54, 1.807) is 20.1 Å². The minimum atomic E-state index is -0.798. The normalized spacial score (nSPS) is 21.6. The van der Waals surface area contributed by atoms with Gasteiger partial charge in [-0.05, 0) is 25.8 Å². The van der Waals surface area contributed by atoms with E-state index in [2.05, 4.69) is 0 Å². The number of Topliss-reactive ketones (excluding diaryl/α,β-unsaturated/α-hetero) is 2. The third kappa shape index (κ3) is 2.03. The summed E-state index contributed by atoms with van der Waals surface area (Å²) in [7, 11) is 1.54. The number of allylic oxidation sites excluding steroid dienone is 1. The zero-order chi connectivity index (χ0) is 10.6. The van der Waals surface area contributed by atoms with Crippen molar-refractivity contribution < 1.29 is 14.3 Å². The molecule has 0 amide bonds. The quantitative estimate of drug-likeness (QED) is 0.511. The number of ether oxygens (including phenoxy) is 1. The molecule has 0 radical (unpaired) electrons. The van der Waals surface area contributed by atoms with Crippen LogP contribution in [0.2, 0.25) is 0 Å². The Morgan fingerprint density at radius 2 is 1.93 bits per heavy atom. The van der Waals surface area contributed by atoms with E-state index >= 15 is 0 Å². The van der Waals surface area contributed by atoms with Crippen molar-refractivity contribution in [1.29, 1.82) is 0 Å². The molecule has 0 aromatic rings. The zero-order valence-corrected chi connectivity index (χ0v) is 8.71. The molecule has 0 aromatic carbocycles. The van der Waals surface area contributed by atoms with Gasteiger partial charge in [-0.3, -0.25) is 9.59 Å². The molecule has 0 N–H and O–H groups in total. The highest BCUT2D eigenvalue weighted by Crippen LogP contribution is 2.33. The number of hydrogen-bond acceptors (Lipinski definition) is 3. The van der Waals surface area contributed by atoms with Crippen LogP contribution in [0.25, 0.3) is 0 Å². The van der Waals surface area contributed by atoms with E-state index in [1.807, 2.05) is 0 Å². The lowest BCUT2D eigenvalue weighted by Gasteiger charge is -2.29. The van der Waals surface area contributed by atoms with Gasteiger partial charge in [-0.2, -0.15) is 0 Å². The maximum atomic E-state index is 11.6. The van der Waals surface area contributed by atoms with E-state index in [4.69, 9.17) is 4.74 Å². The predicted molar refractivity (Wildman–Crippen MR) is 52.7 cm³/mol. The van der Waals surface area contributed by atoms with Crippen LogP contribution >= 0.6 is 0 Å². The maximum Gasteiger partial charge on any atom is 0.146 e. The van der Waals surface area contributed by atoms with Crippen molar-refractivity contribution >= 4 is 11.6 Å². The Kier molecular flexibility index (Phi) is 3.44. The molecule has 3 heteroatoms. The van der Waals surface area contributed by atoms with Crippen LogP contribution < -0.4 is 0 Å². The van der Waals surface area contributed by atoms with Crippen molar-refractivity contribution in [1.82, 2.24) is 0 Å². The van der Waals surface area contributed by atoms with Gasteiger partial charge >= 0.3 is 0 Å². The molecule has 1 aliphatic carbocycles. The summed E-state index contributed by atoms with van der Waals surface area (Å²) in [5.74, 6) is 0.129. The first-order valence-corrected chi connectivity index (χ1v) is 4.85. The molecule has 1 fully saturated rings. The summed E-state index contributed by atoms with van der Waals surface area (Å²) < 4.78 is 4.75. The van der Waals surface area contributed by atoms with Crippen molar-refractivity contribution in [2.75, 3.05) is 7.11 Å². The van der Waals surface area contributed by atoms with Gasteiger partial charge in [-0.15, -0.1) is 0 Å². The highest BCUT2D eigenvalue weighted by Gasteiger charge is 2.41. The van der Waals surface area contributed by atoms with Crippen LogP contribution in [0.4, 0.5) is 0 Å². The molecule has 1 rings (SSSR count). The lowest BCUT2D eigenvalue weighted by Crippen LogP contribution is -2.39. The van der Waals surface area contributed by atoms with Gasteiger partial charge in [-0.1, -0.05) is 0 Å². The summed E-state index contributed by atoms with van der Waals surface area (Å²) in [6.07, 6.45) is 5.48. The largest absolute Gasteiger partial charge is 0.505 e. The molecule has 0 aromatic heterocycles. The van der Waals surface area contributed by atoms with Crippen molar-refractivity contribution in [2.45, 2.75) is 32.6 Å². The van der Waals surface area contributed by atoms with Gasteiger partial charge in [0, 0.05) is 12.8 Å². The van der Waals surface area contributed by atoms with Gasteiger partial charge in [0.1, 0.15) is 11.6 Å². The summed E-state index contributed by atoms with van der Waals surface area (Å²) in [4.78, 5) is 23.3. The molecule has 3 nitrogen and oxygen atoms in total. The smallest absolute Gasteiger partial charge is 0.146 e. The second-order valence-electron chi connectivity index (χ2n) is 3.84. The number of hydrogen-bond donors (Lipinski definition) is 0. The second kappa shape index (κ2) is 4.40. The molecule has 14 heavy (non-hydrogen) atoms. The monoisotopic (exact) mass is 196 g/mol. The van der Waals surface area contributed by atoms with E-state index in [1.165, 1.54) is 6.26 Å². The third-order valence-corrected chi connectivity index (χ3v) is 2.80. The van der Waals surface area contributed by atoms with Crippen molar-refractivity contribution in [3.05, 3.63) is 12.3 Å². The first kappa shape index (κ1) is 11.0. The van der Waals surface area contributed by atoms with Crippen molar-refractivity contribution in [2.24, 2.45) is 5.41 Å². The predicted octanol–water partition coefficient (Wildman–Crippen LogP) is 1.86. The summed E-state index contributed by atoms with van der Waals surface area (Å²) in [5.41, 5.74) is -0.798. The molecule has 0 aliphatic heterocycles. The van der Waals surface area contributed by atoms with E-state index in [9.17, 15) is 9.59 Å². The van der Waals surface area contributed by atoms with Gasteiger partial charge in [0.15, 0.2) is 0 Å². The van der Waals surface area contributed by atoms with Gasteiger partial charge < -0.3 is 4.74 Å². The minimum absolute atomic E-state index is 0.0644. The second-order valence-corrected chi connectivity index (χ2v) is 3.84. The Labute approximate surface area is 84.1 Å². The Morgan fingerprint density at radius 1 is 1.36 bits per heavy atom. The van der Waals surface area contributed by atoms with Crippen LogP contribution in [0, 0.1) is 5.41 Å². The standard InChI is InChI=1S/C11H16O3/c1-11(7-4-8-14-2)9(12)5-3-6-10(11)13/h4,8H,3,5-7H2,1-2H3/b8-4-. The van der Waals surface area contributed by atoms with Gasteiger partial charge in [-0.25, -0.2) is 0 Å². The lowest BCUT2D eigenvalue weighted by molar-refractivity contribution is -0.142. The van der Waals surface area contributed by atoms with Crippen LogP contribution in [-0.2, 0) is 14.3 Å². The van der Waals surface area contributed by atoms with E-state index < -0.39 is 5.41 Å². The van der Waals surface area contributed by atoms with Gasteiger partial charge in [0.25, 0.3) is 0 Å². The Morgan fingerprint density at radius 3 is 2.43 bits per heavy atom. The average molecular weight is 196 g/mol.